The van der Waals surface area contributed by atoms with E-state index in [0.29, 0.717) is 51.7 Å². The lowest BCUT2D eigenvalue weighted by Crippen LogP contribution is -2.45. The quantitative estimate of drug-likeness (QED) is 0.342. The zero-order valence-corrected chi connectivity index (χ0v) is 20.9. The number of carbonyl (C=O) groups excluding carboxylic acids is 2. The molecule has 2 heterocycles. The van der Waals surface area contributed by atoms with E-state index in [0.717, 1.165) is 25.7 Å². The summed E-state index contributed by atoms with van der Waals surface area (Å²) >= 11 is 0. The van der Waals surface area contributed by atoms with Crippen molar-refractivity contribution >= 4 is 11.6 Å². The Morgan fingerprint density at radius 1 is 0.879 bits per heavy atom. The van der Waals surface area contributed by atoms with Crippen molar-refractivity contribution in [3.05, 3.63) is 0 Å². The highest BCUT2D eigenvalue weighted by atomic mass is 16.8. The van der Waals surface area contributed by atoms with Gasteiger partial charge in [0.2, 0.25) is 0 Å². The smallest absolute Gasteiger partial charge is 0.166 e. The molecule has 0 radical (unpaired) electrons. The van der Waals surface area contributed by atoms with E-state index in [1.165, 1.54) is 0 Å². The van der Waals surface area contributed by atoms with Crippen molar-refractivity contribution in [1.29, 1.82) is 0 Å². The third-order valence-electron chi connectivity index (χ3n) is 6.38. The fourth-order valence-corrected chi connectivity index (χ4v) is 4.25. The number of aliphatic hydroxyl groups excluding tert-OH is 1. The molecular weight excluding hydrogens is 428 g/mol. The van der Waals surface area contributed by atoms with Crippen LogP contribution in [-0.2, 0) is 33.3 Å². The maximum atomic E-state index is 12.1. The van der Waals surface area contributed by atoms with Crippen LogP contribution in [0.1, 0.15) is 91.9 Å². The van der Waals surface area contributed by atoms with Gasteiger partial charge < -0.3 is 28.8 Å². The molecule has 0 spiro atoms. The third-order valence-corrected chi connectivity index (χ3v) is 6.38. The standard InChI is InChI=1S/C25H44O8/c1-5-7-9-19(27)11-13-24(3)30-17-21(32-24)23(29-16-15-26)22-18-31-25(4,33-22)14-12-20(28)10-8-6-2/h21-23,26H,5-18H2,1-4H3. The number of aliphatic hydroxyl groups is 1. The van der Waals surface area contributed by atoms with Crippen molar-refractivity contribution in [3.63, 3.8) is 0 Å². The summed E-state index contributed by atoms with van der Waals surface area (Å²) in [6.45, 7) is 8.47. The van der Waals surface area contributed by atoms with Crippen molar-refractivity contribution in [2.75, 3.05) is 26.4 Å². The molecule has 8 heteroatoms. The van der Waals surface area contributed by atoms with Gasteiger partial charge in [0.25, 0.3) is 0 Å². The summed E-state index contributed by atoms with van der Waals surface area (Å²) in [5.74, 6) is -1.28. The number of unbranched alkanes of at least 4 members (excludes halogenated alkanes) is 2. The van der Waals surface area contributed by atoms with Crippen LogP contribution in [0.3, 0.4) is 0 Å². The predicted molar refractivity (Wildman–Crippen MR) is 123 cm³/mol. The molecule has 0 saturated carbocycles. The zero-order valence-electron chi connectivity index (χ0n) is 20.9. The highest BCUT2D eigenvalue weighted by molar-refractivity contribution is 5.78. The fraction of sp³-hybridized carbons (Fsp3) is 0.920. The second-order valence-electron chi connectivity index (χ2n) is 9.55. The molecule has 4 unspecified atom stereocenters. The minimum absolute atomic E-state index is 0.121. The van der Waals surface area contributed by atoms with Crippen LogP contribution in [-0.4, -0.2) is 73.0 Å². The largest absolute Gasteiger partial charge is 0.394 e. The first-order chi connectivity index (χ1) is 15.7. The summed E-state index contributed by atoms with van der Waals surface area (Å²) < 4.78 is 30.2. The van der Waals surface area contributed by atoms with Crippen molar-refractivity contribution in [2.24, 2.45) is 0 Å². The summed E-state index contributed by atoms with van der Waals surface area (Å²) in [5, 5.41) is 9.29. The fourth-order valence-electron chi connectivity index (χ4n) is 4.25. The number of rotatable bonds is 17. The average Bonchev–Trinajstić information content (AvgIpc) is 3.38. The van der Waals surface area contributed by atoms with Gasteiger partial charge in [-0.3, -0.25) is 9.59 Å². The molecule has 0 amide bonds. The molecule has 0 aromatic rings. The van der Waals surface area contributed by atoms with Gasteiger partial charge in [-0.05, 0) is 26.7 Å². The van der Waals surface area contributed by atoms with Crippen molar-refractivity contribution in [2.45, 2.75) is 122 Å². The number of ketones is 2. The van der Waals surface area contributed by atoms with E-state index < -0.39 is 29.9 Å². The first-order valence-corrected chi connectivity index (χ1v) is 12.6. The maximum absolute atomic E-state index is 12.1. The number of ether oxygens (including phenoxy) is 5. The molecule has 2 saturated heterocycles. The normalized spacial score (nSPS) is 30.6. The Balaban J connectivity index is 1.91. The highest BCUT2D eigenvalue weighted by Gasteiger charge is 2.48. The molecule has 8 nitrogen and oxygen atoms in total. The Morgan fingerprint density at radius 2 is 1.33 bits per heavy atom. The van der Waals surface area contributed by atoms with Gasteiger partial charge >= 0.3 is 0 Å². The van der Waals surface area contributed by atoms with Crippen molar-refractivity contribution in [3.8, 4) is 0 Å². The predicted octanol–water partition coefficient (Wildman–Crippen LogP) is 3.71. The summed E-state index contributed by atoms with van der Waals surface area (Å²) in [6.07, 6.45) is 5.47. The molecular formula is C25H44O8. The number of hydrogen-bond acceptors (Lipinski definition) is 8. The number of hydrogen-bond donors (Lipinski definition) is 1. The van der Waals surface area contributed by atoms with Gasteiger partial charge in [0.05, 0.1) is 26.4 Å². The summed E-state index contributed by atoms with van der Waals surface area (Å²) in [6, 6.07) is 0. The Morgan fingerprint density at radius 3 is 1.73 bits per heavy atom. The summed E-state index contributed by atoms with van der Waals surface area (Å²) in [5.41, 5.74) is 0. The molecule has 2 aliphatic heterocycles. The van der Waals surface area contributed by atoms with Crippen LogP contribution >= 0.6 is 0 Å². The van der Waals surface area contributed by atoms with E-state index >= 15 is 0 Å². The van der Waals surface area contributed by atoms with Crippen LogP contribution < -0.4 is 0 Å². The van der Waals surface area contributed by atoms with Gasteiger partial charge in [-0.25, -0.2) is 0 Å². The minimum atomic E-state index is -0.859. The molecule has 2 aliphatic rings. The van der Waals surface area contributed by atoms with Gasteiger partial charge in [0.1, 0.15) is 29.9 Å². The molecule has 0 aromatic heterocycles. The van der Waals surface area contributed by atoms with Gasteiger partial charge in [-0.2, -0.15) is 0 Å². The van der Waals surface area contributed by atoms with Crippen LogP contribution in [0.25, 0.3) is 0 Å². The molecule has 4 atom stereocenters. The first kappa shape index (κ1) is 28.3. The van der Waals surface area contributed by atoms with E-state index in [2.05, 4.69) is 13.8 Å². The van der Waals surface area contributed by atoms with Gasteiger partial charge in [-0.15, -0.1) is 0 Å². The number of carbonyl (C=O) groups is 2. The molecule has 0 bridgehead atoms. The molecule has 192 valence electrons. The Kier molecular flexibility index (Phi) is 11.9. The molecule has 33 heavy (non-hydrogen) atoms. The van der Waals surface area contributed by atoms with Gasteiger partial charge in [0.15, 0.2) is 11.6 Å². The van der Waals surface area contributed by atoms with Crippen LogP contribution in [0.5, 0.6) is 0 Å². The second kappa shape index (κ2) is 13.9. The lowest BCUT2D eigenvalue weighted by Gasteiger charge is -2.30. The van der Waals surface area contributed by atoms with E-state index in [1.54, 1.807) is 0 Å². The lowest BCUT2D eigenvalue weighted by atomic mass is 10.0. The highest BCUT2D eigenvalue weighted by Crippen LogP contribution is 2.36. The summed E-state index contributed by atoms with van der Waals surface area (Å²) in [4.78, 5) is 24.2. The Hall–Kier alpha value is -0.900. The molecule has 0 aromatic carbocycles. The maximum Gasteiger partial charge on any atom is 0.166 e. The molecule has 1 N–H and O–H groups in total. The SMILES string of the molecule is CCCCC(=O)CCC1(C)OCC(C(OCCO)C2COC(C)(CCC(=O)CCCC)O2)O1. The molecule has 2 rings (SSSR count). The summed E-state index contributed by atoms with van der Waals surface area (Å²) in [7, 11) is 0. The lowest BCUT2D eigenvalue weighted by molar-refractivity contribution is -0.203. The van der Waals surface area contributed by atoms with Crippen molar-refractivity contribution < 1.29 is 38.4 Å². The van der Waals surface area contributed by atoms with Crippen LogP contribution in [0.4, 0.5) is 0 Å². The topological polar surface area (TPSA) is 101 Å². The van der Waals surface area contributed by atoms with Gasteiger partial charge in [-0.1, -0.05) is 26.7 Å². The zero-order chi connectivity index (χ0) is 24.3. The third kappa shape index (κ3) is 9.34. The Bertz CT molecular complexity index is 563. The van der Waals surface area contributed by atoms with Crippen LogP contribution in [0, 0.1) is 0 Å². The van der Waals surface area contributed by atoms with E-state index in [4.69, 9.17) is 23.7 Å². The minimum Gasteiger partial charge on any atom is -0.394 e. The Labute approximate surface area is 198 Å². The van der Waals surface area contributed by atoms with E-state index in [9.17, 15) is 14.7 Å². The molecule has 0 aliphatic carbocycles. The van der Waals surface area contributed by atoms with Crippen molar-refractivity contribution in [1.82, 2.24) is 0 Å². The van der Waals surface area contributed by atoms with Gasteiger partial charge in [0, 0.05) is 38.5 Å². The average molecular weight is 473 g/mol. The van der Waals surface area contributed by atoms with E-state index in [1.807, 2.05) is 13.8 Å². The monoisotopic (exact) mass is 472 g/mol. The number of Topliss-reactive ketones (excluding diaryl/α,β-unsaturated/α-hetero) is 2. The van der Waals surface area contributed by atoms with E-state index in [-0.39, 0.29) is 24.8 Å². The molecule has 2 fully saturated rings. The second-order valence-corrected chi connectivity index (χ2v) is 9.55. The van der Waals surface area contributed by atoms with Crippen LogP contribution in [0.15, 0.2) is 0 Å². The first-order valence-electron chi connectivity index (χ1n) is 12.6. The van der Waals surface area contributed by atoms with Crippen LogP contribution in [0.2, 0.25) is 0 Å².